The van der Waals surface area contributed by atoms with Gasteiger partial charge in [-0.1, -0.05) is 19.8 Å². The van der Waals surface area contributed by atoms with Gasteiger partial charge in [-0.2, -0.15) is 0 Å². The maximum Gasteiger partial charge on any atom is 0.0462 e. The lowest BCUT2D eigenvalue weighted by Crippen LogP contribution is -2.35. The highest BCUT2D eigenvalue weighted by Crippen LogP contribution is 2.31. The van der Waals surface area contributed by atoms with Crippen molar-refractivity contribution in [2.24, 2.45) is 11.8 Å². The Kier molecular flexibility index (Phi) is 6.26. The molecule has 0 heterocycles. The van der Waals surface area contributed by atoms with Gasteiger partial charge in [0.15, 0.2) is 0 Å². The van der Waals surface area contributed by atoms with E-state index in [2.05, 4.69) is 19.3 Å². The van der Waals surface area contributed by atoms with Crippen molar-refractivity contribution >= 4 is 0 Å². The maximum absolute atomic E-state index is 5.11. The zero-order chi connectivity index (χ0) is 11.1. The van der Waals surface area contributed by atoms with E-state index in [1.54, 1.807) is 7.11 Å². The molecule has 1 fully saturated rings. The van der Waals surface area contributed by atoms with Gasteiger partial charge in [0.1, 0.15) is 0 Å². The predicted molar refractivity (Wildman–Crippen MR) is 65.1 cm³/mol. The van der Waals surface area contributed by atoms with E-state index in [0.717, 1.165) is 18.4 Å². The van der Waals surface area contributed by atoms with Crippen LogP contribution < -0.4 is 5.32 Å². The molecule has 0 aromatic heterocycles. The van der Waals surface area contributed by atoms with Crippen molar-refractivity contribution in [3.8, 4) is 0 Å². The van der Waals surface area contributed by atoms with Gasteiger partial charge in [0.25, 0.3) is 0 Å². The van der Waals surface area contributed by atoms with Crippen molar-refractivity contribution in [1.29, 1.82) is 0 Å². The normalized spacial score (nSPS) is 29.0. The zero-order valence-corrected chi connectivity index (χ0v) is 10.6. The lowest BCUT2D eigenvalue weighted by Gasteiger charge is -2.32. The van der Waals surface area contributed by atoms with Crippen LogP contribution in [0.5, 0.6) is 0 Å². The number of nitrogens with one attached hydrogen (secondary N) is 1. The second-order valence-electron chi connectivity index (χ2n) is 5.05. The molecular formula is C13H27NO. The van der Waals surface area contributed by atoms with Crippen LogP contribution in [0, 0.1) is 11.8 Å². The van der Waals surface area contributed by atoms with E-state index in [1.165, 1.54) is 38.5 Å². The molecule has 90 valence electrons. The van der Waals surface area contributed by atoms with Gasteiger partial charge in [-0.15, -0.1) is 0 Å². The fraction of sp³-hybridized carbons (Fsp3) is 1.00. The SMILES string of the molecule is CNC(CCCOC)C1CCC(C)CC1. The molecule has 0 aromatic rings. The molecule has 0 bridgehead atoms. The van der Waals surface area contributed by atoms with Gasteiger partial charge in [-0.25, -0.2) is 0 Å². The molecule has 0 aliphatic heterocycles. The Bertz CT molecular complexity index is 153. The molecule has 1 rings (SSSR count). The molecule has 1 atom stereocenters. The third-order valence-corrected chi connectivity index (χ3v) is 3.86. The molecule has 0 radical (unpaired) electrons. The van der Waals surface area contributed by atoms with Gasteiger partial charge < -0.3 is 10.1 Å². The van der Waals surface area contributed by atoms with Crippen molar-refractivity contribution < 1.29 is 4.74 Å². The zero-order valence-electron chi connectivity index (χ0n) is 10.6. The average Bonchev–Trinajstić information content (AvgIpc) is 2.26. The third kappa shape index (κ3) is 4.52. The van der Waals surface area contributed by atoms with Crippen LogP contribution in [0.1, 0.15) is 45.4 Å². The minimum absolute atomic E-state index is 0.715. The van der Waals surface area contributed by atoms with Gasteiger partial charge in [0, 0.05) is 19.8 Å². The Labute approximate surface area is 94.8 Å². The van der Waals surface area contributed by atoms with E-state index in [-0.39, 0.29) is 0 Å². The van der Waals surface area contributed by atoms with Crippen LogP contribution in [0.3, 0.4) is 0 Å². The number of ether oxygens (including phenoxy) is 1. The van der Waals surface area contributed by atoms with Crippen molar-refractivity contribution in [3.05, 3.63) is 0 Å². The fourth-order valence-electron chi connectivity index (χ4n) is 2.75. The Hall–Kier alpha value is -0.0800. The van der Waals surface area contributed by atoms with Crippen LogP contribution in [-0.2, 0) is 4.74 Å². The number of hydrogen-bond acceptors (Lipinski definition) is 2. The summed E-state index contributed by atoms with van der Waals surface area (Å²) < 4.78 is 5.11. The molecule has 2 nitrogen and oxygen atoms in total. The van der Waals surface area contributed by atoms with Gasteiger partial charge in [0.05, 0.1) is 0 Å². The number of methoxy groups -OCH3 is 1. The molecule has 1 aliphatic rings. The molecule has 1 saturated carbocycles. The molecule has 0 spiro atoms. The van der Waals surface area contributed by atoms with Crippen LogP contribution in [0.25, 0.3) is 0 Å². The summed E-state index contributed by atoms with van der Waals surface area (Å²) in [5, 5.41) is 3.49. The third-order valence-electron chi connectivity index (χ3n) is 3.86. The maximum atomic E-state index is 5.11. The van der Waals surface area contributed by atoms with Gasteiger partial charge >= 0.3 is 0 Å². The number of rotatable bonds is 6. The van der Waals surface area contributed by atoms with Crippen LogP contribution in [0.4, 0.5) is 0 Å². The van der Waals surface area contributed by atoms with Crippen molar-refractivity contribution in [1.82, 2.24) is 5.32 Å². The van der Waals surface area contributed by atoms with Gasteiger partial charge in [0.2, 0.25) is 0 Å². The van der Waals surface area contributed by atoms with Gasteiger partial charge in [-0.05, 0) is 44.6 Å². The molecule has 1 unspecified atom stereocenters. The largest absolute Gasteiger partial charge is 0.385 e. The first-order valence-corrected chi connectivity index (χ1v) is 6.44. The van der Waals surface area contributed by atoms with E-state index >= 15 is 0 Å². The lowest BCUT2D eigenvalue weighted by molar-refractivity contribution is 0.174. The van der Waals surface area contributed by atoms with Crippen LogP contribution >= 0.6 is 0 Å². The number of hydrogen-bond donors (Lipinski definition) is 1. The monoisotopic (exact) mass is 213 g/mol. The van der Waals surface area contributed by atoms with E-state index in [1.807, 2.05) is 0 Å². The molecule has 0 saturated heterocycles. The van der Waals surface area contributed by atoms with Crippen molar-refractivity contribution in [2.45, 2.75) is 51.5 Å². The van der Waals surface area contributed by atoms with E-state index in [9.17, 15) is 0 Å². The first-order chi connectivity index (χ1) is 7.27. The first kappa shape index (κ1) is 13.0. The highest BCUT2D eigenvalue weighted by atomic mass is 16.5. The van der Waals surface area contributed by atoms with E-state index in [0.29, 0.717) is 6.04 Å². The summed E-state index contributed by atoms with van der Waals surface area (Å²) in [6.45, 7) is 3.29. The van der Waals surface area contributed by atoms with Crippen LogP contribution in [0.2, 0.25) is 0 Å². The summed E-state index contributed by atoms with van der Waals surface area (Å²) in [6.07, 6.45) is 8.14. The summed E-state index contributed by atoms with van der Waals surface area (Å²) in [7, 11) is 3.90. The Balaban J connectivity index is 2.24. The first-order valence-electron chi connectivity index (χ1n) is 6.44. The molecule has 15 heavy (non-hydrogen) atoms. The standard InChI is InChI=1S/C13H27NO/c1-11-6-8-12(9-7-11)13(14-2)5-4-10-15-3/h11-14H,4-10H2,1-3H3. The minimum Gasteiger partial charge on any atom is -0.385 e. The summed E-state index contributed by atoms with van der Waals surface area (Å²) in [6, 6.07) is 0.715. The van der Waals surface area contributed by atoms with Crippen LogP contribution in [0.15, 0.2) is 0 Å². The van der Waals surface area contributed by atoms with E-state index in [4.69, 9.17) is 4.74 Å². The Morgan fingerprint density at radius 2 is 1.93 bits per heavy atom. The quantitative estimate of drug-likeness (QED) is 0.685. The van der Waals surface area contributed by atoms with E-state index < -0.39 is 0 Å². The van der Waals surface area contributed by atoms with Crippen molar-refractivity contribution in [2.75, 3.05) is 20.8 Å². The molecule has 0 aromatic carbocycles. The Morgan fingerprint density at radius 3 is 2.47 bits per heavy atom. The summed E-state index contributed by atoms with van der Waals surface area (Å²) >= 11 is 0. The second-order valence-corrected chi connectivity index (χ2v) is 5.05. The topological polar surface area (TPSA) is 21.3 Å². The van der Waals surface area contributed by atoms with Gasteiger partial charge in [-0.3, -0.25) is 0 Å². The summed E-state index contributed by atoms with van der Waals surface area (Å²) in [4.78, 5) is 0. The fourth-order valence-corrected chi connectivity index (χ4v) is 2.75. The highest BCUT2D eigenvalue weighted by Gasteiger charge is 2.24. The predicted octanol–water partition coefficient (Wildman–Crippen LogP) is 2.83. The molecule has 1 aliphatic carbocycles. The molecule has 2 heteroatoms. The second kappa shape index (κ2) is 7.24. The summed E-state index contributed by atoms with van der Waals surface area (Å²) in [5.74, 6) is 1.86. The minimum atomic E-state index is 0.715. The molecular weight excluding hydrogens is 186 g/mol. The van der Waals surface area contributed by atoms with Crippen LogP contribution in [-0.4, -0.2) is 26.8 Å². The smallest absolute Gasteiger partial charge is 0.0462 e. The lowest BCUT2D eigenvalue weighted by atomic mass is 9.78. The highest BCUT2D eigenvalue weighted by molar-refractivity contribution is 4.80. The average molecular weight is 213 g/mol. The summed E-state index contributed by atoms with van der Waals surface area (Å²) in [5.41, 5.74) is 0. The van der Waals surface area contributed by atoms with Crippen molar-refractivity contribution in [3.63, 3.8) is 0 Å². The molecule has 1 N–H and O–H groups in total. The molecule has 0 amide bonds. The Morgan fingerprint density at radius 1 is 1.27 bits per heavy atom.